The van der Waals surface area contributed by atoms with E-state index in [2.05, 4.69) is 20.5 Å². The number of aliphatic imine (C=N–C) groups is 1. The first-order chi connectivity index (χ1) is 11.3. The highest BCUT2D eigenvalue weighted by atomic mass is 127. The van der Waals surface area contributed by atoms with Crippen LogP contribution in [0, 0.1) is 0 Å². The second-order valence-corrected chi connectivity index (χ2v) is 5.23. The smallest absolute Gasteiger partial charge is 0.287 e. The van der Waals surface area contributed by atoms with Gasteiger partial charge in [-0.05, 0) is 18.6 Å². The number of nitrogens with zero attached hydrogens (tertiary/aromatic N) is 2. The molecule has 8 nitrogen and oxygen atoms in total. The lowest BCUT2D eigenvalue weighted by atomic mass is 10.3. The van der Waals surface area contributed by atoms with E-state index in [0.29, 0.717) is 31.4 Å². The van der Waals surface area contributed by atoms with E-state index < -0.39 is 0 Å². The maximum absolute atomic E-state index is 11.6. The number of guanidine groups is 1. The molecule has 2 heterocycles. The van der Waals surface area contributed by atoms with Gasteiger partial charge in [-0.1, -0.05) is 0 Å². The molecule has 1 fully saturated rings. The predicted octanol–water partition coefficient (Wildman–Crippen LogP) is 0.254. The Bertz CT molecular complexity index is 489. The second kappa shape index (κ2) is 12.1. The van der Waals surface area contributed by atoms with E-state index >= 15 is 0 Å². The molecular formula is C15H26IN5O3. The van der Waals surface area contributed by atoms with Crippen molar-refractivity contribution in [3.63, 3.8) is 0 Å². The molecule has 9 heteroatoms. The van der Waals surface area contributed by atoms with Gasteiger partial charge in [0.25, 0.3) is 5.91 Å². The van der Waals surface area contributed by atoms with Gasteiger partial charge in [0.05, 0.1) is 19.5 Å². The highest BCUT2D eigenvalue weighted by molar-refractivity contribution is 14.0. The number of halogens is 1. The largest absolute Gasteiger partial charge is 0.459 e. The standard InChI is InChI=1S/C15H25N5O3.HI/c16-15(18-4-2-7-20-8-11-22-12-9-20)19-6-5-17-14(21)13-3-1-10-23-13;/h1,3,10H,2,4-9,11-12H2,(H,17,21)(H3,16,18,19);1H. The summed E-state index contributed by atoms with van der Waals surface area (Å²) in [6.07, 6.45) is 2.44. The first-order valence-corrected chi connectivity index (χ1v) is 7.91. The third kappa shape index (κ3) is 7.97. The summed E-state index contributed by atoms with van der Waals surface area (Å²) in [4.78, 5) is 18.2. The first-order valence-electron chi connectivity index (χ1n) is 7.91. The zero-order valence-corrected chi connectivity index (χ0v) is 16.0. The number of ether oxygens (including phenoxy) is 1. The molecule has 1 aromatic rings. The number of nitrogens with two attached hydrogens (primary N) is 1. The van der Waals surface area contributed by atoms with Crippen LogP contribution in [0.2, 0.25) is 0 Å². The molecule has 24 heavy (non-hydrogen) atoms. The summed E-state index contributed by atoms with van der Waals surface area (Å²) in [6.45, 7) is 6.29. The van der Waals surface area contributed by atoms with Crippen LogP contribution in [-0.4, -0.2) is 69.2 Å². The summed E-state index contributed by atoms with van der Waals surface area (Å²) < 4.78 is 10.3. The molecule has 0 aromatic carbocycles. The number of hydrogen-bond acceptors (Lipinski definition) is 5. The number of nitrogens with one attached hydrogen (secondary N) is 2. The van der Waals surface area contributed by atoms with Crippen LogP contribution in [-0.2, 0) is 4.74 Å². The molecule has 2 rings (SSSR count). The van der Waals surface area contributed by atoms with Crippen molar-refractivity contribution in [3.05, 3.63) is 24.2 Å². The van der Waals surface area contributed by atoms with Crippen LogP contribution in [0.1, 0.15) is 17.0 Å². The number of rotatable bonds is 8. The number of carbonyl (C=O) groups excluding carboxylic acids is 1. The molecule has 0 spiro atoms. The molecule has 0 unspecified atom stereocenters. The van der Waals surface area contributed by atoms with Gasteiger partial charge in [-0.2, -0.15) is 0 Å². The van der Waals surface area contributed by atoms with Gasteiger partial charge in [0.2, 0.25) is 0 Å². The lowest BCUT2D eigenvalue weighted by Gasteiger charge is -2.26. The van der Waals surface area contributed by atoms with Crippen molar-refractivity contribution < 1.29 is 13.9 Å². The Hall–Kier alpha value is -1.33. The summed E-state index contributed by atoms with van der Waals surface area (Å²) >= 11 is 0. The number of hydrogen-bond donors (Lipinski definition) is 3. The average molecular weight is 451 g/mol. The van der Waals surface area contributed by atoms with Gasteiger partial charge in [-0.25, -0.2) is 0 Å². The van der Waals surface area contributed by atoms with Gasteiger partial charge < -0.3 is 25.5 Å². The average Bonchev–Trinajstić information content (AvgIpc) is 3.11. The summed E-state index contributed by atoms with van der Waals surface area (Å²) in [7, 11) is 0. The van der Waals surface area contributed by atoms with E-state index in [0.717, 1.165) is 39.3 Å². The van der Waals surface area contributed by atoms with E-state index in [1.54, 1.807) is 12.1 Å². The lowest BCUT2D eigenvalue weighted by Crippen LogP contribution is -2.39. The molecule has 1 aliphatic rings. The summed E-state index contributed by atoms with van der Waals surface area (Å²) in [5, 5.41) is 5.70. The van der Waals surface area contributed by atoms with E-state index in [1.807, 2.05) is 0 Å². The van der Waals surface area contributed by atoms with Crippen LogP contribution in [0.25, 0.3) is 0 Å². The van der Waals surface area contributed by atoms with Crippen molar-refractivity contribution in [3.8, 4) is 0 Å². The van der Waals surface area contributed by atoms with Crippen LogP contribution in [0.15, 0.2) is 27.8 Å². The van der Waals surface area contributed by atoms with Crippen LogP contribution in [0.3, 0.4) is 0 Å². The first kappa shape index (κ1) is 20.7. The van der Waals surface area contributed by atoms with Crippen LogP contribution >= 0.6 is 24.0 Å². The van der Waals surface area contributed by atoms with Crippen molar-refractivity contribution in [1.29, 1.82) is 0 Å². The summed E-state index contributed by atoms with van der Waals surface area (Å²) in [6, 6.07) is 3.29. The molecule has 4 N–H and O–H groups in total. The van der Waals surface area contributed by atoms with Crippen LogP contribution in [0.5, 0.6) is 0 Å². The van der Waals surface area contributed by atoms with Crippen molar-refractivity contribution in [1.82, 2.24) is 15.5 Å². The molecule has 1 aromatic heterocycles. The number of morpholine rings is 1. The number of furan rings is 1. The minimum atomic E-state index is -0.238. The fourth-order valence-electron chi connectivity index (χ4n) is 2.24. The third-order valence-electron chi connectivity index (χ3n) is 3.48. The molecule has 0 atom stereocenters. The summed E-state index contributed by atoms with van der Waals surface area (Å²) in [5.41, 5.74) is 5.78. The molecular weight excluding hydrogens is 425 g/mol. The minimum absolute atomic E-state index is 0. The van der Waals surface area contributed by atoms with Gasteiger partial charge >= 0.3 is 0 Å². The van der Waals surface area contributed by atoms with Crippen LogP contribution < -0.4 is 16.4 Å². The van der Waals surface area contributed by atoms with Crippen molar-refractivity contribution >= 4 is 35.8 Å². The number of amides is 1. The highest BCUT2D eigenvalue weighted by Gasteiger charge is 2.09. The lowest BCUT2D eigenvalue weighted by molar-refractivity contribution is 0.0377. The zero-order valence-electron chi connectivity index (χ0n) is 13.7. The quantitative estimate of drug-likeness (QED) is 0.227. The Morgan fingerprint density at radius 1 is 1.29 bits per heavy atom. The fraction of sp³-hybridized carbons (Fsp3) is 0.600. The van der Waals surface area contributed by atoms with Gasteiger partial charge in [-0.15, -0.1) is 24.0 Å². The predicted molar refractivity (Wildman–Crippen MR) is 103 cm³/mol. The van der Waals surface area contributed by atoms with Crippen molar-refractivity contribution in [2.75, 3.05) is 52.5 Å². The van der Waals surface area contributed by atoms with E-state index in [4.69, 9.17) is 14.9 Å². The molecule has 0 aliphatic carbocycles. The van der Waals surface area contributed by atoms with Gasteiger partial charge in [0.15, 0.2) is 11.7 Å². The van der Waals surface area contributed by atoms with Gasteiger partial charge in [0.1, 0.15) is 0 Å². The maximum Gasteiger partial charge on any atom is 0.287 e. The topological polar surface area (TPSA) is 105 Å². The zero-order chi connectivity index (χ0) is 16.3. The Morgan fingerprint density at radius 3 is 2.75 bits per heavy atom. The Balaban J connectivity index is 0.00000288. The maximum atomic E-state index is 11.6. The second-order valence-electron chi connectivity index (χ2n) is 5.23. The molecule has 0 radical (unpaired) electrons. The molecule has 1 saturated heterocycles. The molecule has 0 bridgehead atoms. The van der Waals surface area contributed by atoms with Crippen molar-refractivity contribution in [2.24, 2.45) is 10.7 Å². The SMILES string of the molecule is I.NC(=NCCCN1CCOCC1)NCCNC(=O)c1ccco1. The Morgan fingerprint density at radius 2 is 2.04 bits per heavy atom. The van der Waals surface area contributed by atoms with E-state index in [1.165, 1.54) is 6.26 Å². The Kier molecular flexibility index (Phi) is 10.4. The summed E-state index contributed by atoms with van der Waals surface area (Å²) in [5.74, 6) is 0.465. The monoisotopic (exact) mass is 451 g/mol. The Labute approximate surface area is 159 Å². The molecule has 0 saturated carbocycles. The van der Waals surface area contributed by atoms with Crippen LogP contribution in [0.4, 0.5) is 0 Å². The normalized spacial score (nSPS) is 15.6. The molecule has 1 amide bonds. The van der Waals surface area contributed by atoms with Crippen molar-refractivity contribution in [2.45, 2.75) is 6.42 Å². The molecule has 1 aliphatic heterocycles. The number of carbonyl (C=O) groups is 1. The third-order valence-corrected chi connectivity index (χ3v) is 3.48. The van der Waals surface area contributed by atoms with E-state index in [9.17, 15) is 4.79 Å². The minimum Gasteiger partial charge on any atom is -0.459 e. The highest BCUT2D eigenvalue weighted by Crippen LogP contribution is 1.99. The van der Waals surface area contributed by atoms with E-state index in [-0.39, 0.29) is 29.9 Å². The molecule has 136 valence electrons. The fourth-order valence-corrected chi connectivity index (χ4v) is 2.24. The van der Waals surface area contributed by atoms with Gasteiger partial charge in [-0.3, -0.25) is 14.7 Å². The van der Waals surface area contributed by atoms with Gasteiger partial charge in [0, 0.05) is 39.3 Å².